The fraction of sp³-hybridized carbons (Fsp3) is 0.382. The first-order valence-corrected chi connectivity index (χ1v) is 15.1. The van der Waals surface area contributed by atoms with Crippen molar-refractivity contribution in [3.8, 4) is 6.07 Å². The van der Waals surface area contributed by atoms with Gasteiger partial charge in [0.25, 0.3) is 11.8 Å². The van der Waals surface area contributed by atoms with Gasteiger partial charge in [0.1, 0.15) is 17.5 Å². The molecule has 46 heavy (non-hydrogen) atoms. The van der Waals surface area contributed by atoms with E-state index in [2.05, 4.69) is 10.3 Å². The van der Waals surface area contributed by atoms with Crippen LogP contribution in [-0.4, -0.2) is 41.2 Å². The Balaban J connectivity index is 0.000000237. The topological polar surface area (TPSA) is 106 Å². The van der Waals surface area contributed by atoms with Gasteiger partial charge in [-0.2, -0.15) is 5.26 Å². The normalized spacial score (nSPS) is 21.0. The van der Waals surface area contributed by atoms with Gasteiger partial charge in [-0.25, -0.2) is 22.5 Å². The molecule has 1 saturated carbocycles. The Morgan fingerprint density at radius 2 is 1.76 bits per heavy atom. The van der Waals surface area contributed by atoms with Crippen LogP contribution in [0.4, 0.5) is 29.1 Å². The van der Waals surface area contributed by atoms with E-state index in [1.54, 1.807) is 47.5 Å². The fourth-order valence-electron chi connectivity index (χ4n) is 6.11. The summed E-state index contributed by atoms with van der Waals surface area (Å²) in [4.78, 5) is 43.8. The molecule has 1 aromatic heterocycles. The number of aryl methyl sites for hydroxylation is 1. The van der Waals surface area contributed by atoms with Crippen LogP contribution in [0.3, 0.4) is 0 Å². The highest BCUT2D eigenvalue weighted by Gasteiger charge is 2.53. The minimum atomic E-state index is -2.82. The lowest BCUT2D eigenvalue weighted by atomic mass is 9.84. The zero-order chi connectivity index (χ0) is 33.6. The molecule has 1 saturated heterocycles. The summed E-state index contributed by atoms with van der Waals surface area (Å²) >= 11 is 0. The van der Waals surface area contributed by atoms with Gasteiger partial charge in [0.05, 0.1) is 17.3 Å². The number of nitriles is 1. The SMILES string of the molecule is CC.C[C@@H]1CCC(=O)N1c1cc(C#N)ccn1.O=CN(c1cc(F)cc(F)c1)[C@]1(C(=O)NC2CC(F)(F)C2)CCc2ccccc21. The number of carbonyl (C=O) groups excluding carboxylic acids is 3. The minimum Gasteiger partial charge on any atom is -0.351 e. The zero-order valence-corrected chi connectivity index (χ0v) is 25.8. The summed E-state index contributed by atoms with van der Waals surface area (Å²) in [6.07, 6.45) is 3.00. The van der Waals surface area contributed by atoms with Crippen LogP contribution in [0.5, 0.6) is 0 Å². The number of hydrogen-bond donors (Lipinski definition) is 1. The summed E-state index contributed by atoms with van der Waals surface area (Å²) in [7, 11) is 0. The molecule has 0 spiro atoms. The molecule has 3 aliphatic rings. The standard InChI is InChI=1S/C21H18F4N2O2.C11H11N3O.C2H6/c22-14-7-15(23)9-17(8-14)27(12-28)21(6-5-13-3-1-2-4-18(13)21)19(29)26-16-10-20(24,25)11-16;1-8-2-3-11(15)14(8)10-6-9(7-12)4-5-13-10;1-2/h1-4,7-9,12,16H,5-6,10-11H2,(H,26,29);4-6,8H,2-3H2,1H3;1-2H3/t21-;8-;/m11./s1. The van der Waals surface area contributed by atoms with Gasteiger partial charge in [-0.3, -0.25) is 24.2 Å². The maximum atomic E-state index is 13.8. The van der Waals surface area contributed by atoms with Crippen molar-refractivity contribution in [3.05, 3.63) is 89.1 Å². The van der Waals surface area contributed by atoms with Crippen LogP contribution in [0.2, 0.25) is 0 Å². The molecule has 2 fully saturated rings. The van der Waals surface area contributed by atoms with Gasteiger partial charge in [0.15, 0.2) is 5.54 Å². The maximum Gasteiger partial charge on any atom is 0.252 e. The molecule has 2 heterocycles. The number of anilines is 2. The number of fused-ring (bicyclic) bond motifs is 1. The van der Waals surface area contributed by atoms with E-state index in [-0.39, 0.29) is 24.1 Å². The first kappa shape index (κ1) is 34.1. The Morgan fingerprint density at radius 1 is 1.09 bits per heavy atom. The summed E-state index contributed by atoms with van der Waals surface area (Å²) in [5, 5.41) is 11.4. The second kappa shape index (κ2) is 14.1. The Morgan fingerprint density at radius 3 is 2.35 bits per heavy atom. The van der Waals surface area contributed by atoms with Crippen molar-refractivity contribution in [3.63, 3.8) is 0 Å². The molecule has 0 unspecified atom stereocenters. The number of nitrogens with one attached hydrogen (secondary N) is 1. The molecule has 242 valence electrons. The van der Waals surface area contributed by atoms with E-state index in [0.29, 0.717) is 42.3 Å². The molecule has 6 rings (SSSR count). The van der Waals surface area contributed by atoms with Crippen LogP contribution in [0, 0.1) is 23.0 Å². The Labute approximate surface area is 265 Å². The molecule has 1 aliphatic heterocycles. The van der Waals surface area contributed by atoms with Gasteiger partial charge in [0, 0.05) is 43.6 Å². The monoisotopic (exact) mass is 637 g/mol. The number of nitrogens with zero attached hydrogens (tertiary/aromatic N) is 4. The van der Waals surface area contributed by atoms with Gasteiger partial charge in [-0.05, 0) is 61.6 Å². The molecular weight excluding hydrogens is 602 g/mol. The van der Waals surface area contributed by atoms with E-state index < -0.39 is 47.9 Å². The molecule has 2 atom stereocenters. The van der Waals surface area contributed by atoms with E-state index in [4.69, 9.17) is 5.26 Å². The average Bonchev–Trinajstić information content (AvgIpc) is 3.57. The predicted octanol–water partition coefficient (Wildman–Crippen LogP) is 6.18. The van der Waals surface area contributed by atoms with E-state index in [1.165, 1.54) is 0 Å². The highest BCUT2D eigenvalue weighted by atomic mass is 19.3. The number of hydrogen-bond acceptors (Lipinski definition) is 5. The van der Waals surface area contributed by atoms with Gasteiger partial charge < -0.3 is 5.32 Å². The summed E-state index contributed by atoms with van der Waals surface area (Å²) in [6.45, 7) is 5.99. The van der Waals surface area contributed by atoms with Crippen LogP contribution in [0.1, 0.15) is 69.6 Å². The van der Waals surface area contributed by atoms with E-state index in [0.717, 1.165) is 29.0 Å². The molecule has 12 heteroatoms. The Hall–Kier alpha value is -4.79. The number of aromatic nitrogens is 1. The van der Waals surface area contributed by atoms with Crippen molar-refractivity contribution in [1.82, 2.24) is 10.3 Å². The lowest BCUT2D eigenvalue weighted by molar-refractivity contribution is -0.135. The van der Waals surface area contributed by atoms with Crippen molar-refractivity contribution in [2.75, 3.05) is 9.80 Å². The molecule has 1 N–H and O–H groups in total. The predicted molar refractivity (Wildman–Crippen MR) is 164 cm³/mol. The third kappa shape index (κ3) is 6.88. The van der Waals surface area contributed by atoms with Crippen molar-refractivity contribution in [2.24, 2.45) is 0 Å². The average molecular weight is 638 g/mol. The highest BCUT2D eigenvalue weighted by Crippen LogP contribution is 2.45. The number of amides is 3. The fourth-order valence-corrected chi connectivity index (χ4v) is 6.11. The second-order valence-corrected chi connectivity index (χ2v) is 11.2. The maximum absolute atomic E-state index is 13.8. The van der Waals surface area contributed by atoms with Crippen molar-refractivity contribution < 1.29 is 31.9 Å². The molecule has 2 aliphatic carbocycles. The number of carbonyl (C=O) groups is 3. The van der Waals surface area contributed by atoms with Crippen molar-refractivity contribution >= 4 is 29.7 Å². The molecule has 0 bridgehead atoms. The molecule has 3 amide bonds. The third-order valence-electron chi connectivity index (χ3n) is 8.27. The van der Waals surface area contributed by atoms with Gasteiger partial charge in [-0.15, -0.1) is 0 Å². The lowest BCUT2D eigenvalue weighted by Crippen LogP contribution is -2.60. The molecular formula is C34H35F4N5O3. The number of rotatable bonds is 6. The van der Waals surface area contributed by atoms with Gasteiger partial charge >= 0.3 is 0 Å². The summed E-state index contributed by atoms with van der Waals surface area (Å²) in [5.74, 6) is -4.58. The molecule has 8 nitrogen and oxygen atoms in total. The number of alkyl halides is 2. The number of halogens is 4. The number of pyridine rings is 1. The zero-order valence-electron chi connectivity index (χ0n) is 25.8. The van der Waals surface area contributed by atoms with Crippen LogP contribution in [-0.2, 0) is 26.3 Å². The van der Waals surface area contributed by atoms with Crippen molar-refractivity contribution in [2.45, 2.75) is 82.8 Å². The van der Waals surface area contributed by atoms with E-state index >= 15 is 0 Å². The summed E-state index contributed by atoms with van der Waals surface area (Å²) in [5.41, 5.74) is 0.157. The first-order valence-electron chi connectivity index (χ1n) is 15.1. The molecule has 0 radical (unpaired) electrons. The van der Waals surface area contributed by atoms with Crippen LogP contribution >= 0.6 is 0 Å². The summed E-state index contributed by atoms with van der Waals surface area (Å²) < 4.78 is 54.1. The van der Waals surface area contributed by atoms with E-state index in [1.807, 2.05) is 26.8 Å². The smallest absolute Gasteiger partial charge is 0.252 e. The highest BCUT2D eigenvalue weighted by molar-refractivity contribution is 5.98. The Bertz CT molecular complexity index is 1620. The molecule has 2 aromatic carbocycles. The Kier molecular flexibility index (Phi) is 10.5. The second-order valence-electron chi connectivity index (χ2n) is 11.2. The minimum absolute atomic E-state index is 0.0880. The van der Waals surface area contributed by atoms with E-state index in [9.17, 15) is 31.9 Å². The number of benzene rings is 2. The van der Waals surface area contributed by atoms with Crippen molar-refractivity contribution in [1.29, 1.82) is 5.26 Å². The van der Waals surface area contributed by atoms with Crippen LogP contribution in [0.25, 0.3) is 0 Å². The van der Waals surface area contributed by atoms with Gasteiger partial charge in [-0.1, -0.05) is 38.1 Å². The first-order chi connectivity index (χ1) is 22.0. The van der Waals surface area contributed by atoms with Crippen LogP contribution < -0.4 is 15.1 Å². The lowest BCUT2D eigenvalue weighted by Gasteiger charge is -2.42. The molecule has 3 aromatic rings. The largest absolute Gasteiger partial charge is 0.351 e. The third-order valence-corrected chi connectivity index (χ3v) is 8.27. The summed E-state index contributed by atoms with van der Waals surface area (Å²) in [6, 6.07) is 14.3. The van der Waals surface area contributed by atoms with Gasteiger partial charge in [0.2, 0.25) is 12.3 Å². The van der Waals surface area contributed by atoms with Crippen LogP contribution in [0.15, 0.2) is 60.8 Å². The quantitative estimate of drug-likeness (QED) is 0.257.